The number of amides is 1. The zero-order valence-electron chi connectivity index (χ0n) is 13.4. The molecular formula is C16H17N5O3. The smallest absolute Gasteiger partial charge is 0.257 e. The van der Waals surface area contributed by atoms with E-state index in [0.717, 1.165) is 5.52 Å². The molecule has 0 radical (unpaired) electrons. The van der Waals surface area contributed by atoms with Crippen LogP contribution in [0, 0.1) is 6.92 Å². The quantitative estimate of drug-likeness (QED) is 0.711. The Kier molecular flexibility index (Phi) is 3.53. The maximum atomic E-state index is 13.0. The zero-order valence-corrected chi connectivity index (χ0v) is 13.4. The summed E-state index contributed by atoms with van der Waals surface area (Å²) in [5, 5.41) is 12.1. The van der Waals surface area contributed by atoms with Gasteiger partial charge in [-0.1, -0.05) is 6.07 Å². The third kappa shape index (κ3) is 2.54. The minimum Gasteiger partial charge on any atom is -0.423 e. The highest BCUT2D eigenvalue weighted by molar-refractivity contribution is 6.00. The summed E-state index contributed by atoms with van der Waals surface area (Å²) in [6.45, 7) is 4.53. The lowest BCUT2D eigenvalue weighted by atomic mass is 10.1. The van der Waals surface area contributed by atoms with E-state index >= 15 is 0 Å². The minimum atomic E-state index is -0.416. The fourth-order valence-corrected chi connectivity index (χ4v) is 2.97. The Morgan fingerprint density at radius 1 is 1.29 bits per heavy atom. The summed E-state index contributed by atoms with van der Waals surface area (Å²) in [6.07, 6.45) is 2.88. The number of nitrogens with zero attached hydrogens (tertiary/aromatic N) is 5. The number of hydrogen-bond donors (Lipinski definition) is 0. The van der Waals surface area contributed by atoms with E-state index in [1.54, 1.807) is 22.5 Å². The van der Waals surface area contributed by atoms with E-state index < -0.39 is 6.10 Å². The van der Waals surface area contributed by atoms with Gasteiger partial charge in [-0.15, -0.1) is 10.2 Å². The summed E-state index contributed by atoms with van der Waals surface area (Å²) in [6, 6.07) is 5.64. The summed E-state index contributed by atoms with van der Waals surface area (Å²) in [4.78, 5) is 14.7. The summed E-state index contributed by atoms with van der Waals surface area (Å²) < 4.78 is 13.0. The van der Waals surface area contributed by atoms with Gasteiger partial charge in [0.15, 0.2) is 6.10 Å². The first-order chi connectivity index (χ1) is 11.6. The molecule has 0 unspecified atom stereocenters. The Labute approximate surface area is 138 Å². The van der Waals surface area contributed by atoms with Gasteiger partial charge in [-0.3, -0.25) is 4.79 Å². The van der Waals surface area contributed by atoms with Crippen molar-refractivity contribution in [2.24, 2.45) is 0 Å². The number of carbonyl (C=O) groups is 1. The van der Waals surface area contributed by atoms with Gasteiger partial charge in [-0.25, -0.2) is 4.52 Å². The summed E-state index contributed by atoms with van der Waals surface area (Å²) in [5.41, 5.74) is 1.36. The third-order valence-electron chi connectivity index (χ3n) is 4.02. The molecule has 2 atom stereocenters. The molecule has 24 heavy (non-hydrogen) atoms. The fraction of sp³-hybridized carbons (Fsp3) is 0.375. The number of rotatable bonds is 2. The van der Waals surface area contributed by atoms with Crippen LogP contribution in [0.1, 0.15) is 35.2 Å². The molecule has 0 saturated carbocycles. The topological polar surface area (TPSA) is 85.8 Å². The van der Waals surface area contributed by atoms with Crippen molar-refractivity contribution in [3.8, 4) is 0 Å². The van der Waals surface area contributed by atoms with Crippen LogP contribution in [0.3, 0.4) is 0 Å². The monoisotopic (exact) mass is 327 g/mol. The lowest BCUT2D eigenvalue weighted by molar-refractivity contribution is -0.0796. The first kappa shape index (κ1) is 14.8. The standard InChI is InChI=1S/C16H17N5O3/c1-10-8-20(9-14(23-10)15-19-18-11(2)24-15)16(22)12-7-17-21-6-4-3-5-13(12)21/h3-7,10,14H,8-9H2,1-2H3/t10-,14-/m1/s1. The second-order valence-electron chi connectivity index (χ2n) is 5.89. The van der Waals surface area contributed by atoms with Gasteiger partial charge in [-0.05, 0) is 19.1 Å². The summed E-state index contributed by atoms with van der Waals surface area (Å²) >= 11 is 0. The van der Waals surface area contributed by atoms with Crippen LogP contribution in [0.25, 0.3) is 5.52 Å². The van der Waals surface area contributed by atoms with Crippen LogP contribution in [-0.2, 0) is 4.74 Å². The van der Waals surface area contributed by atoms with Crippen molar-refractivity contribution in [1.29, 1.82) is 0 Å². The highest BCUT2D eigenvalue weighted by atomic mass is 16.5. The molecule has 0 spiro atoms. The van der Waals surface area contributed by atoms with Crippen molar-refractivity contribution >= 4 is 11.4 Å². The second kappa shape index (κ2) is 5.72. The first-order valence-corrected chi connectivity index (χ1v) is 7.79. The second-order valence-corrected chi connectivity index (χ2v) is 5.89. The number of carbonyl (C=O) groups excluding carboxylic acids is 1. The lowest BCUT2D eigenvalue weighted by Crippen LogP contribution is -2.46. The van der Waals surface area contributed by atoms with Crippen molar-refractivity contribution in [2.75, 3.05) is 13.1 Å². The maximum absolute atomic E-state index is 13.0. The van der Waals surface area contributed by atoms with Crippen molar-refractivity contribution in [1.82, 2.24) is 24.7 Å². The van der Waals surface area contributed by atoms with Crippen LogP contribution >= 0.6 is 0 Å². The highest BCUT2D eigenvalue weighted by Gasteiger charge is 2.33. The molecule has 4 rings (SSSR count). The van der Waals surface area contributed by atoms with Gasteiger partial charge in [0.2, 0.25) is 11.8 Å². The summed E-state index contributed by atoms with van der Waals surface area (Å²) in [5.74, 6) is 0.802. The van der Waals surface area contributed by atoms with Gasteiger partial charge < -0.3 is 14.1 Å². The van der Waals surface area contributed by atoms with Crippen molar-refractivity contribution in [2.45, 2.75) is 26.1 Å². The maximum Gasteiger partial charge on any atom is 0.257 e. The van der Waals surface area contributed by atoms with E-state index in [1.807, 2.05) is 31.3 Å². The van der Waals surface area contributed by atoms with Crippen LogP contribution in [0.15, 0.2) is 35.0 Å². The molecule has 3 aromatic heterocycles. The Hall–Kier alpha value is -2.74. The number of ether oxygens (including phenoxy) is 1. The molecule has 1 saturated heterocycles. The normalized spacial score (nSPS) is 21.3. The molecule has 4 heterocycles. The molecule has 1 aliphatic rings. The molecule has 1 amide bonds. The van der Waals surface area contributed by atoms with Crippen LogP contribution in [0.5, 0.6) is 0 Å². The third-order valence-corrected chi connectivity index (χ3v) is 4.02. The SMILES string of the molecule is Cc1nnc([C@H]2CN(C(=O)c3cnn4ccccc34)C[C@@H](C)O2)o1. The Bertz CT molecular complexity index is 887. The van der Waals surface area contributed by atoms with Crippen LogP contribution in [0.4, 0.5) is 0 Å². The number of morpholine rings is 1. The van der Waals surface area contributed by atoms with Gasteiger partial charge in [0, 0.05) is 19.7 Å². The molecule has 1 aliphatic heterocycles. The molecule has 1 fully saturated rings. The van der Waals surface area contributed by atoms with Gasteiger partial charge >= 0.3 is 0 Å². The predicted molar refractivity (Wildman–Crippen MR) is 83.4 cm³/mol. The molecule has 8 nitrogen and oxygen atoms in total. The predicted octanol–water partition coefficient (Wildman–Crippen LogP) is 1.63. The van der Waals surface area contributed by atoms with Gasteiger partial charge in [0.25, 0.3) is 5.91 Å². The van der Waals surface area contributed by atoms with E-state index in [-0.39, 0.29) is 12.0 Å². The van der Waals surface area contributed by atoms with Crippen molar-refractivity contribution < 1.29 is 13.9 Å². The number of pyridine rings is 1. The number of fused-ring (bicyclic) bond motifs is 1. The Morgan fingerprint density at radius 2 is 2.17 bits per heavy atom. The average molecular weight is 327 g/mol. The number of aryl methyl sites for hydroxylation is 1. The van der Waals surface area contributed by atoms with Crippen LogP contribution in [0.2, 0.25) is 0 Å². The summed E-state index contributed by atoms with van der Waals surface area (Å²) in [7, 11) is 0. The lowest BCUT2D eigenvalue weighted by Gasteiger charge is -2.35. The van der Waals surface area contributed by atoms with E-state index in [2.05, 4.69) is 15.3 Å². The van der Waals surface area contributed by atoms with E-state index in [1.165, 1.54) is 0 Å². The average Bonchev–Trinajstić information content (AvgIpc) is 3.20. The molecule has 0 aromatic carbocycles. The van der Waals surface area contributed by atoms with Crippen LogP contribution in [-0.4, -0.2) is 49.8 Å². The zero-order chi connectivity index (χ0) is 16.7. The Morgan fingerprint density at radius 3 is 2.96 bits per heavy atom. The minimum absolute atomic E-state index is 0.0763. The van der Waals surface area contributed by atoms with E-state index in [0.29, 0.717) is 30.4 Å². The highest BCUT2D eigenvalue weighted by Crippen LogP contribution is 2.26. The molecule has 0 N–H and O–H groups in total. The van der Waals surface area contributed by atoms with E-state index in [9.17, 15) is 4.79 Å². The molecule has 3 aromatic rings. The first-order valence-electron chi connectivity index (χ1n) is 7.79. The molecular weight excluding hydrogens is 310 g/mol. The molecule has 0 aliphatic carbocycles. The molecule has 0 bridgehead atoms. The number of aromatic nitrogens is 4. The van der Waals surface area contributed by atoms with Crippen molar-refractivity contribution in [3.05, 3.63) is 47.9 Å². The van der Waals surface area contributed by atoms with Gasteiger partial charge in [0.1, 0.15) is 0 Å². The van der Waals surface area contributed by atoms with Crippen molar-refractivity contribution in [3.63, 3.8) is 0 Å². The van der Waals surface area contributed by atoms with Crippen LogP contribution < -0.4 is 0 Å². The van der Waals surface area contributed by atoms with E-state index in [4.69, 9.17) is 9.15 Å². The molecule has 124 valence electrons. The largest absolute Gasteiger partial charge is 0.423 e. The van der Waals surface area contributed by atoms with Gasteiger partial charge in [-0.2, -0.15) is 5.10 Å². The fourth-order valence-electron chi connectivity index (χ4n) is 2.97. The molecule has 8 heteroatoms. The van der Waals surface area contributed by atoms with Gasteiger partial charge in [0.05, 0.1) is 29.9 Å². The number of hydrogen-bond acceptors (Lipinski definition) is 6. The Balaban J connectivity index is 1.61.